The van der Waals surface area contributed by atoms with Crippen LogP contribution in [0.4, 0.5) is 10.1 Å². The lowest BCUT2D eigenvalue weighted by Crippen LogP contribution is -2.36. The van der Waals surface area contributed by atoms with Gasteiger partial charge in [0.2, 0.25) is 5.91 Å². The number of rotatable bonds is 6. The summed E-state index contributed by atoms with van der Waals surface area (Å²) in [5.74, 6) is 0.186. The summed E-state index contributed by atoms with van der Waals surface area (Å²) in [6.07, 6.45) is 0. The van der Waals surface area contributed by atoms with Gasteiger partial charge in [-0.25, -0.2) is 4.39 Å². The Morgan fingerprint density at radius 2 is 2.15 bits per heavy atom. The van der Waals surface area contributed by atoms with E-state index in [0.29, 0.717) is 16.2 Å². The minimum atomic E-state index is -0.482. The standard InChI is InChI=1S/C16H19BrFN5O2S/c1-22-14(9-23-4-6-25-7-5-23)20-21-16(22)26-10-15(24)19-13-3-2-11(17)8-12(13)18/h2-3,8H,4-7,9-10H2,1H3,(H,19,24). The fourth-order valence-corrected chi connectivity index (χ4v) is 3.54. The molecule has 0 spiro atoms. The summed E-state index contributed by atoms with van der Waals surface area (Å²) in [7, 11) is 1.88. The number of carbonyl (C=O) groups is 1. The number of nitrogens with zero attached hydrogens (tertiary/aromatic N) is 4. The molecule has 140 valence electrons. The quantitative estimate of drug-likeness (QED) is 0.690. The van der Waals surface area contributed by atoms with Crippen molar-refractivity contribution in [1.82, 2.24) is 19.7 Å². The van der Waals surface area contributed by atoms with Crippen LogP contribution in [0.25, 0.3) is 0 Å². The van der Waals surface area contributed by atoms with E-state index in [2.05, 4.69) is 36.3 Å². The minimum Gasteiger partial charge on any atom is -0.379 e. The number of carbonyl (C=O) groups excluding carboxylic acids is 1. The molecular weight excluding hydrogens is 425 g/mol. The fraction of sp³-hybridized carbons (Fsp3) is 0.438. The van der Waals surface area contributed by atoms with Gasteiger partial charge in [0.15, 0.2) is 5.16 Å². The lowest BCUT2D eigenvalue weighted by atomic mass is 10.3. The molecule has 7 nitrogen and oxygen atoms in total. The van der Waals surface area contributed by atoms with Crippen molar-refractivity contribution in [1.29, 1.82) is 0 Å². The molecule has 0 unspecified atom stereocenters. The van der Waals surface area contributed by atoms with Crippen LogP contribution in [-0.2, 0) is 23.1 Å². The molecule has 10 heteroatoms. The molecule has 0 bridgehead atoms. The highest BCUT2D eigenvalue weighted by Gasteiger charge is 2.17. The SMILES string of the molecule is Cn1c(CN2CCOCC2)nnc1SCC(=O)Nc1ccc(Br)cc1F. The maximum absolute atomic E-state index is 13.8. The molecule has 3 rings (SSSR count). The van der Waals surface area contributed by atoms with Crippen LogP contribution in [0.3, 0.4) is 0 Å². The summed E-state index contributed by atoms with van der Waals surface area (Å²) >= 11 is 4.45. The third-order valence-electron chi connectivity index (χ3n) is 3.93. The number of aromatic nitrogens is 3. The third kappa shape index (κ3) is 5.03. The Morgan fingerprint density at radius 1 is 1.38 bits per heavy atom. The molecule has 1 aromatic heterocycles. The number of benzene rings is 1. The molecule has 1 saturated heterocycles. The normalized spacial score (nSPS) is 15.2. The Hall–Kier alpha value is -1.49. The Bertz CT molecular complexity index is 782. The maximum atomic E-state index is 13.8. The van der Waals surface area contributed by atoms with Crippen LogP contribution < -0.4 is 5.32 Å². The van der Waals surface area contributed by atoms with Crippen molar-refractivity contribution in [2.45, 2.75) is 11.7 Å². The molecule has 1 fully saturated rings. The van der Waals surface area contributed by atoms with Gasteiger partial charge in [0.05, 0.1) is 31.2 Å². The van der Waals surface area contributed by atoms with Gasteiger partial charge in [0.25, 0.3) is 0 Å². The molecule has 1 amide bonds. The van der Waals surface area contributed by atoms with E-state index in [0.717, 1.165) is 32.1 Å². The maximum Gasteiger partial charge on any atom is 0.234 e. The summed E-state index contributed by atoms with van der Waals surface area (Å²) in [6, 6.07) is 4.50. The summed E-state index contributed by atoms with van der Waals surface area (Å²) in [4.78, 5) is 14.3. The van der Waals surface area contributed by atoms with Crippen molar-refractivity contribution < 1.29 is 13.9 Å². The molecule has 2 heterocycles. The largest absolute Gasteiger partial charge is 0.379 e. The lowest BCUT2D eigenvalue weighted by molar-refractivity contribution is -0.113. The zero-order valence-electron chi connectivity index (χ0n) is 14.2. The van der Waals surface area contributed by atoms with Gasteiger partial charge in [-0.3, -0.25) is 9.69 Å². The van der Waals surface area contributed by atoms with Crippen molar-refractivity contribution in [3.05, 3.63) is 34.3 Å². The van der Waals surface area contributed by atoms with Gasteiger partial charge >= 0.3 is 0 Å². The highest BCUT2D eigenvalue weighted by Crippen LogP contribution is 2.21. The molecule has 1 aliphatic heterocycles. The molecule has 0 aliphatic carbocycles. The van der Waals surface area contributed by atoms with Crippen molar-refractivity contribution in [3.63, 3.8) is 0 Å². The molecule has 1 aromatic carbocycles. The monoisotopic (exact) mass is 443 g/mol. The zero-order valence-corrected chi connectivity index (χ0v) is 16.6. The van der Waals surface area contributed by atoms with E-state index in [-0.39, 0.29) is 17.3 Å². The number of amides is 1. The van der Waals surface area contributed by atoms with Crippen LogP contribution >= 0.6 is 27.7 Å². The van der Waals surface area contributed by atoms with E-state index < -0.39 is 5.82 Å². The first-order valence-electron chi connectivity index (χ1n) is 8.09. The van der Waals surface area contributed by atoms with E-state index >= 15 is 0 Å². The van der Waals surface area contributed by atoms with Crippen LogP contribution in [0.15, 0.2) is 27.8 Å². The summed E-state index contributed by atoms with van der Waals surface area (Å²) in [5.41, 5.74) is 0.157. The average Bonchev–Trinajstić information content (AvgIpc) is 2.96. The second-order valence-corrected chi connectivity index (χ2v) is 7.67. The van der Waals surface area contributed by atoms with E-state index in [1.807, 2.05) is 11.6 Å². The number of morpholine rings is 1. The van der Waals surface area contributed by atoms with Gasteiger partial charge in [-0.1, -0.05) is 27.7 Å². The van der Waals surface area contributed by atoms with Crippen molar-refractivity contribution in [2.24, 2.45) is 7.05 Å². The first kappa shape index (κ1) is 19.3. The van der Waals surface area contributed by atoms with Gasteiger partial charge in [-0.2, -0.15) is 0 Å². The fourth-order valence-electron chi connectivity index (χ4n) is 2.47. The Balaban J connectivity index is 1.53. The van der Waals surface area contributed by atoms with Crippen LogP contribution in [0.5, 0.6) is 0 Å². The highest BCUT2D eigenvalue weighted by molar-refractivity contribution is 9.10. The second kappa shape index (κ2) is 8.94. The third-order valence-corrected chi connectivity index (χ3v) is 5.44. The number of halogens is 2. The van der Waals surface area contributed by atoms with Crippen molar-refractivity contribution in [2.75, 3.05) is 37.4 Å². The lowest BCUT2D eigenvalue weighted by Gasteiger charge is -2.25. The van der Waals surface area contributed by atoms with E-state index in [4.69, 9.17) is 4.74 Å². The Kier molecular flexibility index (Phi) is 6.63. The minimum absolute atomic E-state index is 0.124. The first-order chi connectivity index (χ1) is 12.5. The van der Waals surface area contributed by atoms with Gasteiger partial charge in [0, 0.05) is 24.6 Å². The number of hydrogen-bond donors (Lipinski definition) is 1. The number of ether oxygens (including phenoxy) is 1. The average molecular weight is 444 g/mol. The highest BCUT2D eigenvalue weighted by atomic mass is 79.9. The number of thioether (sulfide) groups is 1. The number of anilines is 1. The molecule has 0 saturated carbocycles. The molecule has 1 aliphatic rings. The van der Waals surface area contributed by atoms with E-state index in [1.165, 1.54) is 23.9 Å². The molecule has 26 heavy (non-hydrogen) atoms. The summed E-state index contributed by atoms with van der Waals surface area (Å²) < 4.78 is 21.6. The predicted octanol–water partition coefficient (Wildman–Crippen LogP) is 2.28. The first-order valence-corrected chi connectivity index (χ1v) is 9.87. The molecule has 1 N–H and O–H groups in total. The Labute approximate surface area is 163 Å². The van der Waals surface area contributed by atoms with Gasteiger partial charge in [0.1, 0.15) is 11.6 Å². The van der Waals surface area contributed by atoms with Crippen molar-refractivity contribution in [3.8, 4) is 0 Å². The Morgan fingerprint density at radius 3 is 2.88 bits per heavy atom. The van der Waals surface area contributed by atoms with Crippen LogP contribution in [0.2, 0.25) is 0 Å². The van der Waals surface area contributed by atoms with Gasteiger partial charge in [-0.05, 0) is 18.2 Å². The summed E-state index contributed by atoms with van der Waals surface area (Å²) in [6.45, 7) is 3.90. The second-order valence-electron chi connectivity index (χ2n) is 5.81. The van der Waals surface area contributed by atoms with Crippen LogP contribution in [0.1, 0.15) is 5.82 Å². The summed E-state index contributed by atoms with van der Waals surface area (Å²) in [5, 5.41) is 11.6. The molecule has 0 radical (unpaired) electrons. The molecule has 2 aromatic rings. The topological polar surface area (TPSA) is 72.3 Å². The van der Waals surface area contributed by atoms with Crippen LogP contribution in [-0.4, -0.2) is 57.6 Å². The van der Waals surface area contributed by atoms with E-state index in [1.54, 1.807) is 6.07 Å². The number of nitrogens with one attached hydrogen (secondary N) is 1. The van der Waals surface area contributed by atoms with Crippen LogP contribution in [0, 0.1) is 5.82 Å². The molecular formula is C16H19BrFN5O2S. The van der Waals surface area contributed by atoms with Gasteiger partial charge < -0.3 is 14.6 Å². The van der Waals surface area contributed by atoms with E-state index in [9.17, 15) is 9.18 Å². The smallest absolute Gasteiger partial charge is 0.234 e. The zero-order chi connectivity index (χ0) is 18.5. The molecule has 0 atom stereocenters. The van der Waals surface area contributed by atoms with Gasteiger partial charge in [-0.15, -0.1) is 10.2 Å². The van der Waals surface area contributed by atoms with Crippen molar-refractivity contribution >= 4 is 39.3 Å². The number of hydrogen-bond acceptors (Lipinski definition) is 6. The predicted molar refractivity (Wildman–Crippen MR) is 101 cm³/mol.